The standard InChI is InChI=1S/C27H31N7O4/c1-32-8-10-33(11-9-32)27(36)25-17-20-16-21(2-3-23(20)31-25)29-19-34-26(5-7-30-34)24-18-22(4-6-28-24)38-15-14-37-13-12-35/h2-7,12,16-18,29,31H,8-11,13-15,19H2,1H3. The van der Waals surface area contributed by atoms with Crippen molar-refractivity contribution in [3.63, 3.8) is 0 Å². The van der Waals surface area contributed by atoms with Crippen molar-refractivity contribution in [2.75, 3.05) is 58.4 Å². The van der Waals surface area contributed by atoms with E-state index in [1.807, 2.05) is 46.0 Å². The van der Waals surface area contributed by atoms with Crippen LogP contribution in [0, 0.1) is 0 Å². The summed E-state index contributed by atoms with van der Waals surface area (Å²) in [4.78, 5) is 35.2. The average molecular weight is 518 g/mol. The van der Waals surface area contributed by atoms with E-state index in [4.69, 9.17) is 9.47 Å². The molecule has 38 heavy (non-hydrogen) atoms. The van der Waals surface area contributed by atoms with Gasteiger partial charge in [0.1, 0.15) is 37.6 Å². The van der Waals surface area contributed by atoms with Crippen LogP contribution in [0.3, 0.4) is 0 Å². The van der Waals surface area contributed by atoms with Gasteiger partial charge in [-0.2, -0.15) is 5.10 Å². The molecule has 2 N–H and O–H groups in total. The third-order valence-corrected chi connectivity index (χ3v) is 6.47. The third kappa shape index (κ3) is 6.01. The van der Waals surface area contributed by atoms with Gasteiger partial charge in [0.15, 0.2) is 0 Å². The Kier molecular flexibility index (Phi) is 7.95. The van der Waals surface area contributed by atoms with Crippen molar-refractivity contribution in [1.82, 2.24) is 29.5 Å². The van der Waals surface area contributed by atoms with E-state index in [9.17, 15) is 9.59 Å². The van der Waals surface area contributed by atoms with Crippen LogP contribution in [0.4, 0.5) is 5.69 Å². The molecule has 4 aromatic rings. The predicted molar refractivity (Wildman–Crippen MR) is 143 cm³/mol. The lowest BCUT2D eigenvalue weighted by atomic mass is 10.2. The first kappa shape index (κ1) is 25.4. The number of hydrogen-bond acceptors (Lipinski definition) is 8. The number of aldehydes is 1. The van der Waals surface area contributed by atoms with Crippen molar-refractivity contribution in [2.45, 2.75) is 6.67 Å². The van der Waals surface area contributed by atoms with Crippen molar-refractivity contribution in [3.8, 4) is 17.1 Å². The molecule has 0 spiro atoms. The lowest BCUT2D eigenvalue weighted by molar-refractivity contribution is -0.112. The molecule has 1 aromatic carbocycles. The summed E-state index contributed by atoms with van der Waals surface area (Å²) >= 11 is 0. The normalized spacial score (nSPS) is 14.1. The lowest BCUT2D eigenvalue weighted by Crippen LogP contribution is -2.47. The second-order valence-electron chi connectivity index (χ2n) is 9.10. The number of aromatic amines is 1. The van der Waals surface area contributed by atoms with E-state index < -0.39 is 0 Å². The molecular weight excluding hydrogens is 486 g/mol. The molecule has 5 rings (SSSR count). The van der Waals surface area contributed by atoms with Crippen LogP contribution in [0.1, 0.15) is 10.5 Å². The molecule has 1 amide bonds. The number of fused-ring (bicyclic) bond motifs is 1. The molecule has 1 aliphatic heterocycles. The molecule has 0 radical (unpaired) electrons. The number of ether oxygens (including phenoxy) is 2. The number of carbonyl (C=O) groups is 2. The maximum atomic E-state index is 13.0. The van der Waals surface area contributed by atoms with E-state index >= 15 is 0 Å². The highest BCUT2D eigenvalue weighted by Crippen LogP contribution is 2.24. The molecule has 1 fully saturated rings. The average Bonchev–Trinajstić information content (AvgIpc) is 3.59. The molecule has 0 atom stereocenters. The highest BCUT2D eigenvalue weighted by atomic mass is 16.5. The summed E-state index contributed by atoms with van der Waals surface area (Å²) in [5, 5.41) is 8.82. The summed E-state index contributed by atoms with van der Waals surface area (Å²) in [5.74, 6) is 0.697. The minimum Gasteiger partial charge on any atom is -0.491 e. The van der Waals surface area contributed by atoms with Crippen molar-refractivity contribution in [3.05, 3.63) is 60.6 Å². The number of nitrogens with zero attached hydrogens (tertiary/aromatic N) is 5. The SMILES string of the molecule is CN1CCN(C(=O)c2cc3cc(NCn4nccc4-c4cc(OCCOCC=O)ccn4)ccc3[nH]2)CC1. The van der Waals surface area contributed by atoms with Gasteiger partial charge in [0.05, 0.1) is 18.0 Å². The first-order chi connectivity index (χ1) is 18.6. The summed E-state index contributed by atoms with van der Waals surface area (Å²) in [6.45, 7) is 4.41. The smallest absolute Gasteiger partial charge is 0.270 e. The zero-order valence-electron chi connectivity index (χ0n) is 21.3. The van der Waals surface area contributed by atoms with E-state index in [2.05, 4.69) is 32.3 Å². The van der Waals surface area contributed by atoms with Gasteiger partial charge in [-0.15, -0.1) is 0 Å². The third-order valence-electron chi connectivity index (χ3n) is 6.47. The number of nitrogens with one attached hydrogen (secondary N) is 2. The molecule has 4 heterocycles. The van der Waals surface area contributed by atoms with Gasteiger partial charge in [-0.1, -0.05) is 0 Å². The molecule has 11 nitrogen and oxygen atoms in total. The quantitative estimate of drug-likeness (QED) is 0.230. The van der Waals surface area contributed by atoms with Gasteiger partial charge in [-0.3, -0.25) is 9.78 Å². The minimum absolute atomic E-state index is 0.0391. The fourth-order valence-corrected chi connectivity index (χ4v) is 4.37. The van der Waals surface area contributed by atoms with Crippen LogP contribution in [-0.2, 0) is 16.2 Å². The first-order valence-corrected chi connectivity index (χ1v) is 12.6. The molecule has 3 aromatic heterocycles. The molecule has 0 unspecified atom stereocenters. The van der Waals surface area contributed by atoms with Crippen LogP contribution in [0.25, 0.3) is 22.3 Å². The van der Waals surface area contributed by atoms with Gasteiger partial charge in [0, 0.05) is 61.2 Å². The molecule has 11 heteroatoms. The van der Waals surface area contributed by atoms with Gasteiger partial charge in [0.2, 0.25) is 0 Å². The van der Waals surface area contributed by atoms with Crippen molar-refractivity contribution >= 4 is 28.8 Å². The van der Waals surface area contributed by atoms with Crippen LogP contribution in [0.2, 0.25) is 0 Å². The minimum atomic E-state index is 0.0391. The number of rotatable bonds is 11. The molecule has 0 bridgehead atoms. The van der Waals surface area contributed by atoms with Crippen molar-refractivity contribution in [2.24, 2.45) is 0 Å². The highest BCUT2D eigenvalue weighted by molar-refractivity contribution is 5.98. The number of benzene rings is 1. The van der Waals surface area contributed by atoms with Gasteiger partial charge in [-0.05, 0) is 43.4 Å². The molecule has 0 saturated carbocycles. The molecular formula is C27H31N7O4. The van der Waals surface area contributed by atoms with Gasteiger partial charge >= 0.3 is 0 Å². The highest BCUT2D eigenvalue weighted by Gasteiger charge is 2.21. The Bertz CT molecular complexity index is 1390. The van der Waals surface area contributed by atoms with E-state index in [0.717, 1.165) is 54.2 Å². The Hall–Kier alpha value is -4.22. The summed E-state index contributed by atoms with van der Waals surface area (Å²) in [7, 11) is 2.07. The van der Waals surface area contributed by atoms with Gasteiger partial charge in [-0.25, -0.2) is 4.68 Å². The number of carbonyl (C=O) groups excluding carboxylic acids is 2. The van der Waals surface area contributed by atoms with Crippen LogP contribution >= 0.6 is 0 Å². The van der Waals surface area contributed by atoms with Crippen LogP contribution < -0.4 is 10.1 Å². The molecule has 198 valence electrons. The molecule has 0 aliphatic carbocycles. The Morgan fingerprint density at radius 2 is 1.95 bits per heavy atom. The topological polar surface area (TPSA) is 118 Å². The van der Waals surface area contributed by atoms with Crippen LogP contribution in [0.15, 0.2) is 54.9 Å². The zero-order chi connectivity index (χ0) is 26.3. The maximum absolute atomic E-state index is 13.0. The number of anilines is 1. The van der Waals surface area contributed by atoms with Crippen molar-refractivity contribution in [1.29, 1.82) is 0 Å². The van der Waals surface area contributed by atoms with E-state index in [1.54, 1.807) is 18.5 Å². The van der Waals surface area contributed by atoms with Crippen LogP contribution in [-0.4, -0.2) is 94.8 Å². The molecule has 1 aliphatic rings. The van der Waals surface area contributed by atoms with Gasteiger partial charge < -0.3 is 34.4 Å². The largest absolute Gasteiger partial charge is 0.491 e. The Morgan fingerprint density at radius 1 is 1.08 bits per heavy atom. The van der Waals surface area contributed by atoms with Crippen LogP contribution in [0.5, 0.6) is 5.75 Å². The Morgan fingerprint density at radius 3 is 2.79 bits per heavy atom. The summed E-state index contributed by atoms with van der Waals surface area (Å²) < 4.78 is 12.6. The number of likely N-dealkylation sites (N-methyl/N-ethyl adjacent to an activating group) is 1. The summed E-state index contributed by atoms with van der Waals surface area (Å²) in [6.07, 6.45) is 4.12. The fraction of sp³-hybridized carbons (Fsp3) is 0.333. The first-order valence-electron chi connectivity index (χ1n) is 12.6. The second-order valence-corrected chi connectivity index (χ2v) is 9.10. The number of H-pyrrole nitrogens is 1. The second kappa shape index (κ2) is 11.9. The Labute approximate surface area is 220 Å². The number of piperazine rings is 1. The van der Waals surface area contributed by atoms with E-state index in [1.165, 1.54) is 0 Å². The number of hydrogen-bond donors (Lipinski definition) is 2. The fourth-order valence-electron chi connectivity index (χ4n) is 4.37. The maximum Gasteiger partial charge on any atom is 0.270 e. The predicted octanol–water partition coefficient (Wildman–Crippen LogP) is 2.48. The van der Waals surface area contributed by atoms with Crippen molar-refractivity contribution < 1.29 is 19.1 Å². The van der Waals surface area contributed by atoms with E-state index in [0.29, 0.717) is 37.6 Å². The number of amides is 1. The zero-order valence-corrected chi connectivity index (χ0v) is 21.3. The monoisotopic (exact) mass is 517 g/mol. The summed E-state index contributed by atoms with van der Waals surface area (Å²) in [5.41, 5.74) is 4.01. The number of aromatic nitrogens is 4. The van der Waals surface area contributed by atoms with E-state index in [-0.39, 0.29) is 12.5 Å². The molecule has 1 saturated heterocycles. The number of pyridine rings is 1. The lowest BCUT2D eigenvalue weighted by Gasteiger charge is -2.32. The van der Waals surface area contributed by atoms with Gasteiger partial charge in [0.25, 0.3) is 5.91 Å². The summed E-state index contributed by atoms with van der Waals surface area (Å²) in [6, 6.07) is 13.4. The Balaban J connectivity index is 1.22.